The Bertz CT molecular complexity index is 708. The lowest BCUT2D eigenvalue weighted by Crippen LogP contribution is -2.07. The molecule has 0 saturated heterocycles. The summed E-state index contributed by atoms with van der Waals surface area (Å²) in [7, 11) is 0. The summed E-state index contributed by atoms with van der Waals surface area (Å²) in [5, 5.41) is 3.50. The normalized spacial score (nSPS) is 12.1. The molecule has 3 aromatic rings. The largest absolute Gasteiger partial charge is 0.444 e. The Hall–Kier alpha value is -2.07. The minimum absolute atomic E-state index is 0.219. The van der Waals surface area contributed by atoms with Crippen molar-refractivity contribution < 1.29 is 4.42 Å². The molecule has 1 N–H and O–H groups in total. The van der Waals surface area contributed by atoms with Crippen LogP contribution in [0.5, 0.6) is 0 Å². The molecule has 21 heavy (non-hydrogen) atoms. The molecule has 0 spiro atoms. The van der Waals surface area contributed by atoms with E-state index in [0.717, 1.165) is 21.5 Å². The number of hydrogen-bond donors (Lipinski definition) is 1. The van der Waals surface area contributed by atoms with Crippen LogP contribution < -0.4 is 5.32 Å². The van der Waals surface area contributed by atoms with Crippen LogP contribution in [0.2, 0.25) is 0 Å². The van der Waals surface area contributed by atoms with Crippen molar-refractivity contribution in [3.63, 3.8) is 0 Å². The zero-order valence-electron chi connectivity index (χ0n) is 11.6. The average molecular weight is 343 g/mol. The van der Waals surface area contributed by atoms with Gasteiger partial charge in [0.25, 0.3) is 0 Å². The van der Waals surface area contributed by atoms with Crippen LogP contribution in [0.15, 0.2) is 70.0 Å². The molecular formula is C17H15BrN2O. The predicted molar refractivity (Wildman–Crippen MR) is 88.1 cm³/mol. The van der Waals surface area contributed by atoms with Gasteiger partial charge in [-0.25, -0.2) is 4.98 Å². The number of rotatable bonds is 4. The summed E-state index contributed by atoms with van der Waals surface area (Å²) in [5.74, 6) is 0.778. The fraction of sp³-hybridized carbons (Fsp3) is 0.118. The van der Waals surface area contributed by atoms with Gasteiger partial charge in [0.05, 0.1) is 6.20 Å². The lowest BCUT2D eigenvalue weighted by molar-refractivity contribution is 0.572. The first-order valence-corrected chi connectivity index (χ1v) is 7.53. The molecule has 0 aliphatic rings. The lowest BCUT2D eigenvalue weighted by atomic mass is 10.1. The third kappa shape index (κ3) is 3.16. The standard InChI is InChI=1S/C17H15BrN2O/c1-12(15-4-2-3-5-16(15)18)20-14-8-6-13(7-9-14)17-10-19-11-21-17/h2-12,20H,1H3. The third-order valence-corrected chi connectivity index (χ3v) is 4.08. The van der Waals surface area contributed by atoms with E-state index in [0.29, 0.717) is 0 Å². The fourth-order valence-electron chi connectivity index (χ4n) is 2.24. The maximum absolute atomic E-state index is 5.29. The third-order valence-electron chi connectivity index (χ3n) is 3.36. The van der Waals surface area contributed by atoms with E-state index in [-0.39, 0.29) is 6.04 Å². The first-order valence-electron chi connectivity index (χ1n) is 6.74. The number of hydrogen-bond acceptors (Lipinski definition) is 3. The van der Waals surface area contributed by atoms with E-state index < -0.39 is 0 Å². The Balaban J connectivity index is 1.75. The molecule has 4 heteroatoms. The number of benzene rings is 2. The van der Waals surface area contributed by atoms with Gasteiger partial charge in [-0.2, -0.15) is 0 Å². The van der Waals surface area contributed by atoms with Gasteiger partial charge in [-0.1, -0.05) is 34.1 Å². The second-order valence-corrected chi connectivity index (χ2v) is 5.68. The summed E-state index contributed by atoms with van der Waals surface area (Å²) >= 11 is 3.59. The lowest BCUT2D eigenvalue weighted by Gasteiger charge is -2.17. The Morgan fingerprint density at radius 2 is 1.86 bits per heavy atom. The van der Waals surface area contributed by atoms with Gasteiger partial charge in [0.15, 0.2) is 12.2 Å². The zero-order valence-corrected chi connectivity index (χ0v) is 13.2. The van der Waals surface area contributed by atoms with Crippen molar-refractivity contribution in [2.75, 3.05) is 5.32 Å². The number of halogens is 1. The van der Waals surface area contributed by atoms with Gasteiger partial charge in [-0.3, -0.25) is 0 Å². The van der Waals surface area contributed by atoms with Crippen LogP contribution >= 0.6 is 15.9 Å². The maximum atomic E-state index is 5.29. The molecule has 0 amide bonds. The summed E-state index contributed by atoms with van der Waals surface area (Å²) in [6.45, 7) is 2.14. The monoisotopic (exact) mass is 342 g/mol. The highest BCUT2D eigenvalue weighted by molar-refractivity contribution is 9.10. The molecular weight excluding hydrogens is 328 g/mol. The number of aromatic nitrogens is 1. The Kier molecular flexibility index (Phi) is 4.06. The quantitative estimate of drug-likeness (QED) is 0.701. The van der Waals surface area contributed by atoms with E-state index in [2.05, 4.69) is 45.3 Å². The van der Waals surface area contributed by atoms with Crippen molar-refractivity contribution in [1.29, 1.82) is 0 Å². The molecule has 3 nitrogen and oxygen atoms in total. The molecule has 0 saturated carbocycles. The Morgan fingerprint density at radius 3 is 2.52 bits per heavy atom. The number of nitrogens with zero attached hydrogens (tertiary/aromatic N) is 1. The first kappa shape index (κ1) is 13.9. The summed E-state index contributed by atoms with van der Waals surface area (Å²) < 4.78 is 6.40. The van der Waals surface area contributed by atoms with Crippen LogP contribution in [0.1, 0.15) is 18.5 Å². The van der Waals surface area contributed by atoms with Crippen molar-refractivity contribution in [2.24, 2.45) is 0 Å². The number of anilines is 1. The van der Waals surface area contributed by atoms with Crippen molar-refractivity contribution in [3.05, 3.63) is 71.2 Å². The molecule has 2 aromatic carbocycles. The van der Waals surface area contributed by atoms with Crippen LogP contribution in [-0.4, -0.2) is 4.98 Å². The molecule has 0 bridgehead atoms. The molecule has 0 radical (unpaired) electrons. The summed E-state index contributed by atoms with van der Waals surface area (Å²) in [4.78, 5) is 3.93. The van der Waals surface area contributed by atoms with Crippen LogP contribution in [0.4, 0.5) is 5.69 Å². The van der Waals surface area contributed by atoms with E-state index in [4.69, 9.17) is 4.42 Å². The van der Waals surface area contributed by atoms with E-state index in [9.17, 15) is 0 Å². The van der Waals surface area contributed by atoms with Crippen LogP contribution in [-0.2, 0) is 0 Å². The van der Waals surface area contributed by atoms with Gasteiger partial charge in [0.1, 0.15) is 0 Å². The van der Waals surface area contributed by atoms with Crippen LogP contribution in [0, 0.1) is 0 Å². The molecule has 0 aliphatic heterocycles. The van der Waals surface area contributed by atoms with Gasteiger partial charge < -0.3 is 9.73 Å². The highest BCUT2D eigenvalue weighted by Gasteiger charge is 2.09. The molecule has 1 heterocycles. The van der Waals surface area contributed by atoms with Crippen molar-refractivity contribution in [3.8, 4) is 11.3 Å². The topological polar surface area (TPSA) is 38.1 Å². The molecule has 0 fully saturated rings. The van der Waals surface area contributed by atoms with Gasteiger partial charge in [-0.15, -0.1) is 0 Å². The summed E-state index contributed by atoms with van der Waals surface area (Å²) in [6.07, 6.45) is 3.16. The summed E-state index contributed by atoms with van der Waals surface area (Å²) in [5.41, 5.74) is 3.32. The molecule has 3 rings (SSSR count). The minimum atomic E-state index is 0.219. The Morgan fingerprint density at radius 1 is 1.10 bits per heavy atom. The second-order valence-electron chi connectivity index (χ2n) is 4.83. The Labute approximate surface area is 132 Å². The van der Waals surface area contributed by atoms with Crippen molar-refractivity contribution in [1.82, 2.24) is 4.98 Å². The maximum Gasteiger partial charge on any atom is 0.181 e. The molecule has 1 atom stereocenters. The van der Waals surface area contributed by atoms with Gasteiger partial charge >= 0.3 is 0 Å². The second kappa shape index (κ2) is 6.14. The molecule has 1 aromatic heterocycles. The SMILES string of the molecule is CC(Nc1ccc(-c2cnco2)cc1)c1ccccc1Br. The molecule has 0 aliphatic carbocycles. The fourth-order valence-corrected chi connectivity index (χ4v) is 2.87. The average Bonchev–Trinajstić information content (AvgIpc) is 3.02. The van der Waals surface area contributed by atoms with E-state index in [1.807, 2.05) is 36.4 Å². The zero-order chi connectivity index (χ0) is 14.7. The van der Waals surface area contributed by atoms with E-state index >= 15 is 0 Å². The van der Waals surface area contributed by atoms with Gasteiger partial charge in [0, 0.05) is 21.8 Å². The minimum Gasteiger partial charge on any atom is -0.444 e. The highest BCUT2D eigenvalue weighted by atomic mass is 79.9. The van der Waals surface area contributed by atoms with Gasteiger partial charge in [-0.05, 0) is 42.8 Å². The smallest absolute Gasteiger partial charge is 0.181 e. The predicted octanol–water partition coefficient (Wildman–Crippen LogP) is 5.28. The van der Waals surface area contributed by atoms with Gasteiger partial charge in [0.2, 0.25) is 0 Å². The number of nitrogens with one attached hydrogen (secondary N) is 1. The molecule has 106 valence electrons. The van der Waals surface area contributed by atoms with Crippen LogP contribution in [0.25, 0.3) is 11.3 Å². The molecule has 1 unspecified atom stereocenters. The van der Waals surface area contributed by atoms with E-state index in [1.165, 1.54) is 12.0 Å². The van der Waals surface area contributed by atoms with E-state index in [1.54, 1.807) is 6.20 Å². The van der Waals surface area contributed by atoms with Crippen LogP contribution in [0.3, 0.4) is 0 Å². The first-order chi connectivity index (χ1) is 10.2. The van der Waals surface area contributed by atoms with Crippen molar-refractivity contribution in [2.45, 2.75) is 13.0 Å². The number of oxazole rings is 1. The van der Waals surface area contributed by atoms with Crippen molar-refractivity contribution >= 4 is 21.6 Å². The summed E-state index contributed by atoms with van der Waals surface area (Å²) in [6, 6.07) is 16.6. The highest BCUT2D eigenvalue weighted by Crippen LogP contribution is 2.27.